The van der Waals surface area contributed by atoms with Crippen LogP contribution in [0.3, 0.4) is 0 Å². The molecule has 0 aliphatic carbocycles. The summed E-state index contributed by atoms with van der Waals surface area (Å²) in [6.07, 6.45) is 0.769. The molecule has 92 valence electrons. The first-order valence-corrected chi connectivity index (χ1v) is 5.71. The van der Waals surface area contributed by atoms with Crippen molar-refractivity contribution in [2.24, 2.45) is 0 Å². The number of anilines is 1. The highest BCUT2D eigenvalue weighted by atomic mass is 16.5. The predicted octanol–water partition coefficient (Wildman–Crippen LogP) is 2.65. The van der Waals surface area contributed by atoms with E-state index in [2.05, 4.69) is 0 Å². The maximum Gasteiger partial charge on any atom is 0.339 e. The highest BCUT2D eigenvalue weighted by Gasteiger charge is 2.10. The first-order chi connectivity index (χ1) is 8.70. The van der Waals surface area contributed by atoms with Crippen LogP contribution in [0.1, 0.15) is 21.5 Å². The van der Waals surface area contributed by atoms with E-state index in [9.17, 15) is 4.79 Å². The fraction of sp³-hybridized carbons (Fsp3) is 0.133. The molecule has 2 aromatic rings. The Kier molecular flexibility index (Phi) is 3.63. The van der Waals surface area contributed by atoms with Gasteiger partial charge in [0, 0.05) is 5.69 Å². The SMILES string of the molecule is COC(=O)c1cc(Cc2ccccc2)ccc1N. The molecule has 3 heteroatoms. The summed E-state index contributed by atoms with van der Waals surface area (Å²) in [6.45, 7) is 0. The van der Waals surface area contributed by atoms with Gasteiger partial charge in [0.25, 0.3) is 0 Å². The van der Waals surface area contributed by atoms with Gasteiger partial charge in [-0.2, -0.15) is 0 Å². The molecule has 0 spiro atoms. The summed E-state index contributed by atoms with van der Waals surface area (Å²) in [5.74, 6) is -0.401. The van der Waals surface area contributed by atoms with E-state index in [1.165, 1.54) is 12.7 Å². The second-order valence-electron chi connectivity index (χ2n) is 4.08. The van der Waals surface area contributed by atoms with Crippen molar-refractivity contribution in [1.82, 2.24) is 0 Å². The Labute approximate surface area is 106 Å². The third kappa shape index (κ3) is 2.69. The Morgan fingerprint density at radius 2 is 1.83 bits per heavy atom. The Morgan fingerprint density at radius 3 is 2.50 bits per heavy atom. The normalized spacial score (nSPS) is 10.1. The summed E-state index contributed by atoms with van der Waals surface area (Å²) in [5.41, 5.74) is 8.85. The maximum atomic E-state index is 11.5. The molecule has 2 aromatic carbocycles. The molecular weight excluding hydrogens is 226 g/mol. The minimum absolute atomic E-state index is 0.401. The molecule has 0 fully saturated rings. The minimum atomic E-state index is -0.401. The van der Waals surface area contributed by atoms with Crippen LogP contribution in [0.15, 0.2) is 48.5 Å². The van der Waals surface area contributed by atoms with Crippen LogP contribution in [0.5, 0.6) is 0 Å². The molecule has 0 saturated carbocycles. The molecule has 0 aliphatic heterocycles. The predicted molar refractivity (Wildman–Crippen MR) is 71.4 cm³/mol. The summed E-state index contributed by atoms with van der Waals surface area (Å²) in [7, 11) is 1.35. The second-order valence-corrected chi connectivity index (χ2v) is 4.08. The largest absolute Gasteiger partial charge is 0.465 e. The monoisotopic (exact) mass is 241 g/mol. The molecule has 0 bridgehead atoms. The number of ether oxygens (including phenoxy) is 1. The molecule has 2 rings (SSSR count). The lowest BCUT2D eigenvalue weighted by atomic mass is 10.0. The fourth-order valence-corrected chi connectivity index (χ4v) is 1.83. The van der Waals surface area contributed by atoms with Gasteiger partial charge in [-0.15, -0.1) is 0 Å². The van der Waals surface area contributed by atoms with Gasteiger partial charge < -0.3 is 10.5 Å². The van der Waals surface area contributed by atoms with Crippen molar-refractivity contribution in [1.29, 1.82) is 0 Å². The molecule has 0 heterocycles. The van der Waals surface area contributed by atoms with Crippen LogP contribution < -0.4 is 5.73 Å². The smallest absolute Gasteiger partial charge is 0.339 e. The van der Waals surface area contributed by atoms with Crippen LogP contribution in [0, 0.1) is 0 Å². The van der Waals surface area contributed by atoms with Crippen LogP contribution in [0.4, 0.5) is 5.69 Å². The number of rotatable bonds is 3. The lowest BCUT2D eigenvalue weighted by Crippen LogP contribution is -2.06. The number of hydrogen-bond acceptors (Lipinski definition) is 3. The van der Waals surface area contributed by atoms with Gasteiger partial charge in [0.1, 0.15) is 0 Å². The fourth-order valence-electron chi connectivity index (χ4n) is 1.83. The van der Waals surface area contributed by atoms with Gasteiger partial charge in [0.15, 0.2) is 0 Å². The van der Waals surface area contributed by atoms with Crippen molar-refractivity contribution in [2.75, 3.05) is 12.8 Å². The van der Waals surface area contributed by atoms with E-state index in [1.807, 2.05) is 36.4 Å². The van der Waals surface area contributed by atoms with E-state index in [0.717, 1.165) is 12.0 Å². The molecule has 0 radical (unpaired) electrons. The van der Waals surface area contributed by atoms with E-state index >= 15 is 0 Å². The average molecular weight is 241 g/mol. The lowest BCUT2D eigenvalue weighted by Gasteiger charge is -2.07. The van der Waals surface area contributed by atoms with Crippen molar-refractivity contribution in [3.05, 3.63) is 65.2 Å². The zero-order valence-electron chi connectivity index (χ0n) is 10.2. The summed E-state index contributed by atoms with van der Waals surface area (Å²) in [6, 6.07) is 15.5. The molecule has 18 heavy (non-hydrogen) atoms. The molecule has 0 aromatic heterocycles. The number of methoxy groups -OCH3 is 1. The van der Waals surface area contributed by atoms with Gasteiger partial charge in [-0.05, 0) is 29.7 Å². The standard InChI is InChI=1S/C15H15NO2/c1-18-15(17)13-10-12(7-8-14(13)16)9-11-5-3-2-4-6-11/h2-8,10H,9,16H2,1H3. The number of esters is 1. The molecule has 2 N–H and O–H groups in total. The summed E-state index contributed by atoms with van der Waals surface area (Å²) >= 11 is 0. The Hall–Kier alpha value is -2.29. The van der Waals surface area contributed by atoms with Crippen LogP contribution in [0.25, 0.3) is 0 Å². The van der Waals surface area contributed by atoms with Gasteiger partial charge in [-0.25, -0.2) is 4.79 Å². The zero-order chi connectivity index (χ0) is 13.0. The van der Waals surface area contributed by atoms with E-state index in [4.69, 9.17) is 10.5 Å². The quantitative estimate of drug-likeness (QED) is 0.664. The summed E-state index contributed by atoms with van der Waals surface area (Å²) < 4.78 is 4.70. The third-order valence-corrected chi connectivity index (χ3v) is 2.77. The van der Waals surface area contributed by atoms with E-state index in [-0.39, 0.29) is 0 Å². The van der Waals surface area contributed by atoms with Crippen LogP contribution in [-0.2, 0) is 11.2 Å². The van der Waals surface area contributed by atoms with E-state index in [1.54, 1.807) is 12.1 Å². The van der Waals surface area contributed by atoms with Gasteiger partial charge in [0.05, 0.1) is 12.7 Å². The first-order valence-electron chi connectivity index (χ1n) is 5.71. The molecule has 0 aliphatic rings. The second kappa shape index (κ2) is 5.36. The van der Waals surface area contributed by atoms with Crippen molar-refractivity contribution < 1.29 is 9.53 Å². The molecule has 0 unspecified atom stereocenters. The maximum absolute atomic E-state index is 11.5. The molecule has 0 atom stereocenters. The highest BCUT2D eigenvalue weighted by molar-refractivity contribution is 5.95. The topological polar surface area (TPSA) is 52.3 Å². The first kappa shape index (κ1) is 12.2. The number of nitrogen functional groups attached to an aromatic ring is 1. The minimum Gasteiger partial charge on any atom is -0.465 e. The summed E-state index contributed by atoms with van der Waals surface area (Å²) in [4.78, 5) is 11.5. The Morgan fingerprint density at radius 1 is 1.11 bits per heavy atom. The Balaban J connectivity index is 2.27. The van der Waals surface area contributed by atoms with Crippen molar-refractivity contribution in [2.45, 2.75) is 6.42 Å². The number of nitrogens with two attached hydrogens (primary N) is 1. The van der Waals surface area contributed by atoms with E-state index in [0.29, 0.717) is 11.3 Å². The number of benzene rings is 2. The number of carbonyl (C=O) groups excluding carboxylic acids is 1. The van der Waals surface area contributed by atoms with Gasteiger partial charge >= 0.3 is 5.97 Å². The molecule has 0 saturated heterocycles. The molecule has 3 nitrogen and oxygen atoms in total. The van der Waals surface area contributed by atoms with Gasteiger partial charge in [-0.3, -0.25) is 0 Å². The van der Waals surface area contributed by atoms with Crippen LogP contribution >= 0.6 is 0 Å². The van der Waals surface area contributed by atoms with Gasteiger partial charge in [0.2, 0.25) is 0 Å². The van der Waals surface area contributed by atoms with E-state index < -0.39 is 5.97 Å². The van der Waals surface area contributed by atoms with Crippen molar-refractivity contribution >= 4 is 11.7 Å². The number of carbonyl (C=O) groups is 1. The summed E-state index contributed by atoms with van der Waals surface area (Å²) in [5, 5.41) is 0. The highest BCUT2D eigenvalue weighted by Crippen LogP contribution is 2.17. The Bertz CT molecular complexity index is 550. The number of hydrogen-bond donors (Lipinski definition) is 1. The van der Waals surface area contributed by atoms with Gasteiger partial charge in [-0.1, -0.05) is 36.4 Å². The van der Waals surface area contributed by atoms with Crippen LogP contribution in [0.2, 0.25) is 0 Å². The molecular formula is C15H15NO2. The lowest BCUT2D eigenvalue weighted by molar-refractivity contribution is 0.0602. The molecule has 0 amide bonds. The average Bonchev–Trinajstić information content (AvgIpc) is 2.41. The zero-order valence-corrected chi connectivity index (χ0v) is 10.2. The van der Waals surface area contributed by atoms with Crippen LogP contribution in [-0.4, -0.2) is 13.1 Å². The third-order valence-electron chi connectivity index (χ3n) is 2.77. The van der Waals surface area contributed by atoms with Crippen molar-refractivity contribution in [3.8, 4) is 0 Å². The van der Waals surface area contributed by atoms with Crippen molar-refractivity contribution in [3.63, 3.8) is 0 Å².